The van der Waals surface area contributed by atoms with Gasteiger partial charge in [-0.05, 0) is 59.4 Å². The zero-order chi connectivity index (χ0) is 14.4. The first kappa shape index (κ1) is 16.2. The summed E-state index contributed by atoms with van der Waals surface area (Å²) in [6.45, 7) is 9.96. The molecular weight excluding hydrogens is 250 g/mol. The van der Waals surface area contributed by atoms with Crippen LogP contribution in [0.1, 0.15) is 32.6 Å². The predicted octanol–water partition coefficient (Wildman–Crippen LogP) is 1.42. The first-order valence-corrected chi connectivity index (χ1v) is 8.32. The Balaban J connectivity index is 1.85. The van der Waals surface area contributed by atoms with Crippen molar-refractivity contribution in [1.82, 2.24) is 15.1 Å². The van der Waals surface area contributed by atoms with Crippen LogP contribution >= 0.6 is 0 Å². The smallest absolute Gasteiger partial charge is 0.0546 e. The van der Waals surface area contributed by atoms with Crippen molar-refractivity contribution in [2.75, 3.05) is 60.0 Å². The van der Waals surface area contributed by atoms with E-state index in [2.05, 4.69) is 36.1 Å². The molecule has 0 spiro atoms. The lowest BCUT2D eigenvalue weighted by Gasteiger charge is -2.43. The number of nitrogens with zero attached hydrogens (tertiary/aromatic N) is 2. The quantitative estimate of drug-likeness (QED) is 0.798. The minimum Gasteiger partial charge on any atom is -0.381 e. The van der Waals surface area contributed by atoms with Crippen LogP contribution in [0.5, 0.6) is 0 Å². The third kappa shape index (κ3) is 4.42. The first-order chi connectivity index (χ1) is 9.65. The molecule has 20 heavy (non-hydrogen) atoms. The molecular formula is C16H33N3O. The summed E-state index contributed by atoms with van der Waals surface area (Å²) >= 11 is 0. The summed E-state index contributed by atoms with van der Waals surface area (Å²) in [7, 11) is 4.42. The third-order valence-electron chi connectivity index (χ3n) is 5.00. The third-order valence-corrected chi connectivity index (χ3v) is 5.00. The average molecular weight is 283 g/mol. The van der Waals surface area contributed by atoms with Crippen LogP contribution in [0.15, 0.2) is 0 Å². The SMILES string of the molecule is CCNCC1(CN2CCC(N(C)C)CC2)CCCOC1. The fourth-order valence-electron chi connectivity index (χ4n) is 3.69. The van der Waals surface area contributed by atoms with Crippen molar-refractivity contribution in [2.45, 2.75) is 38.6 Å². The van der Waals surface area contributed by atoms with Gasteiger partial charge >= 0.3 is 0 Å². The van der Waals surface area contributed by atoms with E-state index in [9.17, 15) is 0 Å². The van der Waals surface area contributed by atoms with Crippen molar-refractivity contribution in [3.8, 4) is 0 Å². The second-order valence-electron chi connectivity index (χ2n) is 6.91. The fourth-order valence-corrected chi connectivity index (χ4v) is 3.69. The first-order valence-electron chi connectivity index (χ1n) is 8.32. The normalized spacial score (nSPS) is 30.0. The number of hydrogen-bond donors (Lipinski definition) is 1. The Kier molecular flexibility index (Phi) is 6.27. The summed E-state index contributed by atoms with van der Waals surface area (Å²) in [4.78, 5) is 5.06. The van der Waals surface area contributed by atoms with Crippen LogP contribution < -0.4 is 5.32 Å². The van der Waals surface area contributed by atoms with Gasteiger partial charge in [0.25, 0.3) is 0 Å². The van der Waals surface area contributed by atoms with Crippen molar-refractivity contribution in [3.05, 3.63) is 0 Å². The predicted molar refractivity (Wildman–Crippen MR) is 84.2 cm³/mol. The lowest BCUT2D eigenvalue weighted by atomic mass is 9.81. The molecule has 2 saturated heterocycles. The molecule has 2 fully saturated rings. The second-order valence-corrected chi connectivity index (χ2v) is 6.91. The maximum absolute atomic E-state index is 5.81. The Morgan fingerprint density at radius 1 is 1.30 bits per heavy atom. The summed E-state index contributed by atoms with van der Waals surface area (Å²) in [5.74, 6) is 0. The van der Waals surface area contributed by atoms with E-state index >= 15 is 0 Å². The Labute approximate surface area is 124 Å². The molecule has 0 radical (unpaired) electrons. The van der Waals surface area contributed by atoms with E-state index in [0.717, 1.165) is 32.3 Å². The van der Waals surface area contributed by atoms with Crippen LogP contribution in [0, 0.1) is 5.41 Å². The number of likely N-dealkylation sites (tertiary alicyclic amines) is 1. The van der Waals surface area contributed by atoms with Crippen LogP contribution in [0.4, 0.5) is 0 Å². The summed E-state index contributed by atoms with van der Waals surface area (Å²) < 4.78 is 5.81. The largest absolute Gasteiger partial charge is 0.381 e. The van der Waals surface area contributed by atoms with Gasteiger partial charge in [-0.25, -0.2) is 0 Å². The van der Waals surface area contributed by atoms with E-state index in [1.54, 1.807) is 0 Å². The van der Waals surface area contributed by atoms with Gasteiger partial charge in [0, 0.05) is 31.2 Å². The lowest BCUT2D eigenvalue weighted by molar-refractivity contribution is -0.0312. The zero-order valence-electron chi connectivity index (χ0n) is 13.7. The summed E-state index contributed by atoms with van der Waals surface area (Å²) in [6, 6.07) is 0.776. The molecule has 4 nitrogen and oxygen atoms in total. The van der Waals surface area contributed by atoms with Gasteiger partial charge in [-0.15, -0.1) is 0 Å². The van der Waals surface area contributed by atoms with E-state index in [1.807, 2.05) is 0 Å². The molecule has 0 aromatic heterocycles. The highest BCUT2D eigenvalue weighted by Gasteiger charge is 2.35. The van der Waals surface area contributed by atoms with Crippen molar-refractivity contribution in [1.29, 1.82) is 0 Å². The molecule has 0 aromatic carbocycles. The topological polar surface area (TPSA) is 27.7 Å². The number of rotatable bonds is 6. The summed E-state index contributed by atoms with van der Waals surface area (Å²) in [5.41, 5.74) is 0.346. The van der Waals surface area contributed by atoms with Gasteiger partial charge in [0.05, 0.1) is 6.61 Å². The van der Waals surface area contributed by atoms with Crippen molar-refractivity contribution < 1.29 is 4.74 Å². The molecule has 0 amide bonds. The summed E-state index contributed by atoms with van der Waals surface area (Å²) in [6.07, 6.45) is 5.16. The van der Waals surface area contributed by atoms with Crippen LogP contribution in [0.2, 0.25) is 0 Å². The van der Waals surface area contributed by atoms with Crippen molar-refractivity contribution in [3.63, 3.8) is 0 Å². The van der Waals surface area contributed by atoms with Gasteiger partial charge in [-0.1, -0.05) is 6.92 Å². The van der Waals surface area contributed by atoms with Crippen LogP contribution in [-0.2, 0) is 4.74 Å². The van der Waals surface area contributed by atoms with Crippen LogP contribution in [-0.4, -0.2) is 75.9 Å². The molecule has 4 heteroatoms. The molecule has 0 saturated carbocycles. The number of piperidine rings is 1. The van der Waals surface area contributed by atoms with Gasteiger partial charge < -0.3 is 19.9 Å². The van der Waals surface area contributed by atoms with Gasteiger partial charge in [0.15, 0.2) is 0 Å². The highest BCUT2D eigenvalue weighted by Crippen LogP contribution is 2.30. The van der Waals surface area contributed by atoms with Crippen LogP contribution in [0.25, 0.3) is 0 Å². The number of ether oxygens (including phenoxy) is 1. The van der Waals surface area contributed by atoms with Gasteiger partial charge in [-0.2, -0.15) is 0 Å². The molecule has 1 atom stereocenters. The Hall–Kier alpha value is -0.160. The van der Waals surface area contributed by atoms with E-state index in [-0.39, 0.29) is 0 Å². The van der Waals surface area contributed by atoms with E-state index in [4.69, 9.17) is 4.74 Å². The van der Waals surface area contributed by atoms with Crippen molar-refractivity contribution in [2.24, 2.45) is 5.41 Å². The Bertz CT molecular complexity index is 269. The van der Waals surface area contributed by atoms with E-state index < -0.39 is 0 Å². The maximum atomic E-state index is 5.81. The zero-order valence-corrected chi connectivity index (χ0v) is 13.7. The molecule has 118 valence electrons. The highest BCUT2D eigenvalue weighted by atomic mass is 16.5. The standard InChI is InChI=1S/C16H33N3O/c1-4-17-12-16(8-5-11-20-14-16)13-19-9-6-15(7-10-19)18(2)3/h15,17H,4-14H2,1-3H3. The van der Waals surface area contributed by atoms with Crippen LogP contribution in [0.3, 0.4) is 0 Å². The average Bonchev–Trinajstić information content (AvgIpc) is 2.47. The van der Waals surface area contributed by atoms with Gasteiger partial charge in [-0.3, -0.25) is 0 Å². The maximum Gasteiger partial charge on any atom is 0.0546 e. The Morgan fingerprint density at radius 3 is 2.60 bits per heavy atom. The minimum absolute atomic E-state index is 0.346. The van der Waals surface area contributed by atoms with E-state index in [0.29, 0.717) is 5.41 Å². The molecule has 2 heterocycles. The fraction of sp³-hybridized carbons (Fsp3) is 1.00. The molecule has 1 N–H and O–H groups in total. The number of nitrogens with one attached hydrogen (secondary N) is 1. The molecule has 0 aromatic rings. The molecule has 0 bridgehead atoms. The Morgan fingerprint density at radius 2 is 2.05 bits per heavy atom. The number of hydrogen-bond acceptors (Lipinski definition) is 4. The monoisotopic (exact) mass is 283 g/mol. The lowest BCUT2D eigenvalue weighted by Crippen LogP contribution is -2.52. The second kappa shape index (κ2) is 7.74. The molecule has 2 rings (SSSR count). The molecule has 2 aliphatic heterocycles. The molecule has 0 aliphatic carbocycles. The van der Waals surface area contributed by atoms with Crippen molar-refractivity contribution >= 4 is 0 Å². The van der Waals surface area contributed by atoms with Gasteiger partial charge in [0.2, 0.25) is 0 Å². The minimum atomic E-state index is 0.346. The highest BCUT2D eigenvalue weighted by molar-refractivity contribution is 4.89. The van der Waals surface area contributed by atoms with E-state index in [1.165, 1.54) is 45.3 Å². The van der Waals surface area contributed by atoms with Gasteiger partial charge in [0.1, 0.15) is 0 Å². The summed E-state index contributed by atoms with van der Waals surface area (Å²) in [5, 5.41) is 3.56. The molecule has 2 aliphatic rings. The molecule has 1 unspecified atom stereocenters.